The molecule has 7 heteroatoms. The summed E-state index contributed by atoms with van der Waals surface area (Å²) in [4.78, 5) is 17.8. The Morgan fingerprint density at radius 3 is 2.62 bits per heavy atom. The summed E-state index contributed by atoms with van der Waals surface area (Å²) < 4.78 is 5.21. The molecule has 1 aromatic heterocycles. The molecule has 1 N–H and O–H groups in total. The normalized spacial score (nSPS) is 16.7. The van der Waals surface area contributed by atoms with Gasteiger partial charge in [-0.2, -0.15) is 5.10 Å². The number of anilines is 2. The Morgan fingerprint density at radius 2 is 1.94 bits per heavy atom. The number of hydrogen-bond donors (Lipinski definition) is 1. The van der Waals surface area contributed by atoms with Crippen molar-refractivity contribution in [2.24, 2.45) is 0 Å². The third kappa shape index (κ3) is 5.06. The van der Waals surface area contributed by atoms with Gasteiger partial charge in [0.25, 0.3) is 0 Å². The molecule has 1 aliphatic heterocycles. The van der Waals surface area contributed by atoms with Crippen molar-refractivity contribution in [1.29, 1.82) is 0 Å². The predicted molar refractivity (Wildman–Crippen MR) is 126 cm³/mol. The maximum absolute atomic E-state index is 13.4. The molecule has 166 valence electrons. The van der Waals surface area contributed by atoms with Crippen molar-refractivity contribution in [3.05, 3.63) is 78.5 Å². The highest BCUT2D eigenvalue weighted by molar-refractivity contribution is 5.95. The van der Waals surface area contributed by atoms with Crippen LogP contribution >= 0.6 is 0 Å². The molecule has 2 heterocycles. The SMILES string of the molecule is COc1ccc(NC(=O)C(c2ccccc2)N(C)CC2CCCN2c2cccnn2)cc1. The second kappa shape index (κ2) is 10.2. The van der Waals surface area contributed by atoms with Gasteiger partial charge in [-0.1, -0.05) is 30.3 Å². The van der Waals surface area contributed by atoms with Gasteiger partial charge in [-0.15, -0.1) is 5.10 Å². The summed E-state index contributed by atoms with van der Waals surface area (Å²) in [5.74, 6) is 1.58. The molecule has 2 aromatic carbocycles. The van der Waals surface area contributed by atoms with Crippen LogP contribution in [-0.2, 0) is 4.79 Å². The van der Waals surface area contributed by atoms with Crippen LogP contribution in [0.2, 0.25) is 0 Å². The zero-order valence-corrected chi connectivity index (χ0v) is 18.5. The molecule has 2 unspecified atom stereocenters. The van der Waals surface area contributed by atoms with Gasteiger partial charge in [0, 0.05) is 31.0 Å². The van der Waals surface area contributed by atoms with E-state index in [4.69, 9.17) is 4.74 Å². The molecule has 0 saturated carbocycles. The lowest BCUT2D eigenvalue weighted by molar-refractivity contribution is -0.121. The van der Waals surface area contributed by atoms with Gasteiger partial charge in [-0.25, -0.2) is 0 Å². The number of methoxy groups -OCH3 is 1. The van der Waals surface area contributed by atoms with Crippen molar-refractivity contribution in [3.63, 3.8) is 0 Å². The van der Waals surface area contributed by atoms with Crippen molar-refractivity contribution >= 4 is 17.4 Å². The van der Waals surface area contributed by atoms with Gasteiger partial charge in [0.15, 0.2) is 5.82 Å². The first-order valence-electron chi connectivity index (χ1n) is 10.9. The summed E-state index contributed by atoms with van der Waals surface area (Å²) in [6, 6.07) is 21.1. The average Bonchev–Trinajstić information content (AvgIpc) is 3.29. The summed E-state index contributed by atoms with van der Waals surface area (Å²) in [6.07, 6.45) is 3.85. The topological polar surface area (TPSA) is 70.6 Å². The van der Waals surface area contributed by atoms with Crippen molar-refractivity contribution in [3.8, 4) is 5.75 Å². The summed E-state index contributed by atoms with van der Waals surface area (Å²) in [5.41, 5.74) is 1.71. The Bertz CT molecular complexity index is 998. The van der Waals surface area contributed by atoms with E-state index in [0.29, 0.717) is 0 Å². The van der Waals surface area contributed by atoms with E-state index in [1.165, 1.54) is 0 Å². The molecule has 7 nitrogen and oxygen atoms in total. The van der Waals surface area contributed by atoms with E-state index in [2.05, 4.69) is 25.3 Å². The minimum absolute atomic E-state index is 0.0621. The number of benzene rings is 2. The summed E-state index contributed by atoms with van der Waals surface area (Å²) in [7, 11) is 3.64. The Kier molecular flexibility index (Phi) is 6.97. The highest BCUT2D eigenvalue weighted by Crippen LogP contribution is 2.28. The van der Waals surface area contributed by atoms with Gasteiger partial charge in [0.2, 0.25) is 5.91 Å². The fourth-order valence-electron chi connectivity index (χ4n) is 4.34. The van der Waals surface area contributed by atoms with Gasteiger partial charge < -0.3 is 15.0 Å². The van der Waals surface area contributed by atoms with Crippen LogP contribution in [0.5, 0.6) is 5.75 Å². The quantitative estimate of drug-likeness (QED) is 0.586. The number of rotatable bonds is 8. The number of amides is 1. The van der Waals surface area contributed by atoms with E-state index in [0.717, 1.165) is 48.7 Å². The predicted octanol–water partition coefficient (Wildman–Crippen LogP) is 3.77. The standard InChI is InChI=1S/C25H29N5O2/c1-29(18-21-10-7-17-30(21)23-11-6-16-26-28-23)24(19-8-4-3-5-9-19)25(31)27-20-12-14-22(32-2)15-13-20/h3-6,8-9,11-16,21,24H,7,10,17-18H2,1-2H3,(H,27,31). The van der Waals surface area contributed by atoms with Crippen molar-refractivity contribution in [2.45, 2.75) is 24.9 Å². The number of nitrogens with one attached hydrogen (secondary N) is 1. The number of carbonyl (C=O) groups is 1. The maximum atomic E-state index is 13.4. The van der Waals surface area contributed by atoms with Crippen LogP contribution in [0.25, 0.3) is 0 Å². The van der Waals surface area contributed by atoms with Gasteiger partial charge >= 0.3 is 0 Å². The summed E-state index contributed by atoms with van der Waals surface area (Å²) >= 11 is 0. The van der Waals surface area contributed by atoms with Gasteiger partial charge in [-0.3, -0.25) is 9.69 Å². The van der Waals surface area contributed by atoms with Crippen molar-refractivity contribution < 1.29 is 9.53 Å². The van der Waals surface area contributed by atoms with E-state index < -0.39 is 6.04 Å². The van der Waals surface area contributed by atoms with Crippen LogP contribution in [0.1, 0.15) is 24.4 Å². The number of nitrogens with zero attached hydrogens (tertiary/aromatic N) is 4. The van der Waals surface area contributed by atoms with Crippen LogP contribution in [0, 0.1) is 0 Å². The molecule has 0 bridgehead atoms. The van der Waals surface area contributed by atoms with Crippen LogP contribution in [-0.4, -0.2) is 54.3 Å². The molecule has 3 aromatic rings. The van der Waals surface area contributed by atoms with E-state index in [-0.39, 0.29) is 11.9 Å². The first-order valence-corrected chi connectivity index (χ1v) is 10.9. The highest BCUT2D eigenvalue weighted by Gasteiger charge is 2.32. The molecule has 32 heavy (non-hydrogen) atoms. The first kappa shape index (κ1) is 21.8. The molecular formula is C25H29N5O2. The van der Waals surface area contributed by atoms with Crippen LogP contribution in [0.15, 0.2) is 72.9 Å². The Morgan fingerprint density at radius 1 is 1.16 bits per heavy atom. The average molecular weight is 432 g/mol. The van der Waals surface area contributed by atoms with Gasteiger partial charge in [-0.05, 0) is 61.9 Å². The van der Waals surface area contributed by atoms with Crippen LogP contribution in [0.3, 0.4) is 0 Å². The van der Waals surface area contributed by atoms with Gasteiger partial charge in [0.1, 0.15) is 11.8 Å². The maximum Gasteiger partial charge on any atom is 0.246 e. The van der Waals surface area contributed by atoms with E-state index in [9.17, 15) is 4.79 Å². The third-order valence-electron chi connectivity index (χ3n) is 5.89. The monoisotopic (exact) mass is 431 g/mol. The molecule has 1 fully saturated rings. The number of hydrogen-bond acceptors (Lipinski definition) is 6. The zero-order chi connectivity index (χ0) is 22.3. The lowest BCUT2D eigenvalue weighted by Crippen LogP contribution is -2.43. The summed E-state index contributed by atoms with van der Waals surface area (Å²) in [5, 5.41) is 11.4. The Labute approximate surface area is 189 Å². The molecule has 0 radical (unpaired) electrons. The molecular weight excluding hydrogens is 402 g/mol. The molecule has 0 aliphatic carbocycles. The molecule has 4 rings (SSSR count). The Hall–Kier alpha value is -3.45. The second-order valence-corrected chi connectivity index (χ2v) is 8.04. The molecule has 0 spiro atoms. The lowest BCUT2D eigenvalue weighted by atomic mass is 10.0. The highest BCUT2D eigenvalue weighted by atomic mass is 16.5. The molecule has 1 saturated heterocycles. The Balaban J connectivity index is 1.52. The van der Waals surface area contributed by atoms with Crippen molar-refractivity contribution in [2.75, 3.05) is 37.5 Å². The number of carbonyl (C=O) groups excluding carboxylic acids is 1. The molecule has 2 atom stereocenters. The third-order valence-corrected chi connectivity index (χ3v) is 5.89. The van der Waals surface area contributed by atoms with Crippen LogP contribution in [0.4, 0.5) is 11.5 Å². The zero-order valence-electron chi connectivity index (χ0n) is 18.5. The number of ether oxygens (including phenoxy) is 1. The summed E-state index contributed by atoms with van der Waals surface area (Å²) in [6.45, 7) is 1.69. The van der Waals surface area contributed by atoms with E-state index in [1.807, 2.05) is 73.8 Å². The van der Waals surface area contributed by atoms with E-state index in [1.54, 1.807) is 13.3 Å². The number of likely N-dealkylation sites (N-methyl/N-ethyl adjacent to an activating group) is 1. The molecule has 1 amide bonds. The fraction of sp³-hybridized carbons (Fsp3) is 0.320. The fourth-order valence-corrected chi connectivity index (χ4v) is 4.34. The smallest absolute Gasteiger partial charge is 0.246 e. The molecule has 1 aliphatic rings. The first-order chi connectivity index (χ1) is 15.7. The number of aromatic nitrogens is 2. The van der Waals surface area contributed by atoms with Crippen LogP contribution < -0.4 is 15.0 Å². The second-order valence-electron chi connectivity index (χ2n) is 8.04. The van der Waals surface area contributed by atoms with Crippen molar-refractivity contribution in [1.82, 2.24) is 15.1 Å². The minimum atomic E-state index is -0.414. The lowest BCUT2D eigenvalue weighted by Gasteiger charge is -2.33. The minimum Gasteiger partial charge on any atom is -0.497 e. The van der Waals surface area contributed by atoms with E-state index >= 15 is 0 Å². The van der Waals surface area contributed by atoms with Gasteiger partial charge in [0.05, 0.1) is 7.11 Å². The largest absolute Gasteiger partial charge is 0.497 e.